The van der Waals surface area contributed by atoms with Gasteiger partial charge in [0.25, 0.3) is 0 Å². The molecule has 18 heavy (non-hydrogen) atoms. The molecule has 0 heterocycles. The molecule has 0 saturated carbocycles. The third kappa shape index (κ3) is 9.32. The summed E-state index contributed by atoms with van der Waals surface area (Å²) in [5.74, 6) is 0. The second kappa shape index (κ2) is 14.8. The number of halogens is 2. The second-order valence-corrected chi connectivity index (χ2v) is 5.53. The monoisotopic (exact) mass is 559 g/mol. The molecule has 2 rings (SSSR count). The molecule has 0 aliphatic rings. The summed E-state index contributed by atoms with van der Waals surface area (Å²) in [7, 11) is 1.20. The number of benzene rings is 1. The van der Waals surface area contributed by atoms with Crippen LogP contribution in [-0.4, -0.2) is 9.52 Å². The number of aryl methyl sites for hydroxylation is 1. The van der Waals surface area contributed by atoms with Crippen molar-refractivity contribution in [3.8, 4) is 0 Å². The van der Waals surface area contributed by atoms with E-state index in [1.807, 2.05) is 0 Å². The SMILES string of the molecule is CC[Si]CC.Cc1cc2ccccc2[cH-]1.[I-].[I-].[Zr+3]. The molecule has 0 aromatic heterocycles. The van der Waals surface area contributed by atoms with Crippen LogP contribution in [0.4, 0.5) is 0 Å². The van der Waals surface area contributed by atoms with Gasteiger partial charge in [0.2, 0.25) is 0 Å². The molecule has 0 saturated heterocycles. The van der Waals surface area contributed by atoms with E-state index in [1.54, 1.807) is 0 Å². The Morgan fingerprint density at radius 3 is 2.06 bits per heavy atom. The topological polar surface area (TPSA) is 0 Å². The van der Waals surface area contributed by atoms with Gasteiger partial charge in [-0.25, -0.2) is 0 Å². The van der Waals surface area contributed by atoms with Crippen molar-refractivity contribution in [2.24, 2.45) is 0 Å². The average Bonchev–Trinajstić information content (AvgIpc) is 2.60. The van der Waals surface area contributed by atoms with Crippen molar-refractivity contribution in [3.05, 3.63) is 42.0 Å². The molecule has 0 atom stereocenters. The van der Waals surface area contributed by atoms with Crippen molar-refractivity contribution < 1.29 is 74.2 Å². The Morgan fingerprint density at radius 1 is 1.06 bits per heavy atom. The Labute approximate surface area is 167 Å². The van der Waals surface area contributed by atoms with Gasteiger partial charge >= 0.3 is 26.2 Å². The van der Waals surface area contributed by atoms with Crippen molar-refractivity contribution in [2.75, 3.05) is 0 Å². The molecule has 0 nitrogen and oxygen atoms in total. The molecule has 2 aromatic rings. The van der Waals surface area contributed by atoms with Crippen LogP contribution in [0.3, 0.4) is 0 Å². The van der Waals surface area contributed by atoms with Gasteiger partial charge in [-0.2, -0.15) is 6.07 Å². The van der Waals surface area contributed by atoms with Crippen LogP contribution in [-0.2, 0) is 26.2 Å². The third-order valence-electron chi connectivity index (χ3n) is 2.26. The van der Waals surface area contributed by atoms with E-state index in [9.17, 15) is 0 Å². The summed E-state index contributed by atoms with van der Waals surface area (Å²) in [6, 6.07) is 15.6. The molecule has 0 aliphatic heterocycles. The van der Waals surface area contributed by atoms with Crippen molar-refractivity contribution in [1.82, 2.24) is 0 Å². The van der Waals surface area contributed by atoms with Gasteiger partial charge in [0.1, 0.15) is 0 Å². The van der Waals surface area contributed by atoms with Crippen LogP contribution < -0.4 is 48.0 Å². The normalized spacial score (nSPS) is 8.17. The maximum absolute atomic E-state index is 2.22. The maximum atomic E-state index is 2.22. The van der Waals surface area contributed by atoms with Gasteiger partial charge in [-0.1, -0.05) is 38.9 Å². The number of fused-ring (bicyclic) bond motifs is 1. The van der Waals surface area contributed by atoms with Crippen molar-refractivity contribution in [1.29, 1.82) is 0 Å². The van der Waals surface area contributed by atoms with Crippen LogP contribution in [0, 0.1) is 6.92 Å². The summed E-state index contributed by atoms with van der Waals surface area (Å²) in [5.41, 5.74) is 1.35. The summed E-state index contributed by atoms with van der Waals surface area (Å²) in [4.78, 5) is 0. The minimum absolute atomic E-state index is 0. The number of hydrogen-bond donors (Lipinski definition) is 0. The number of hydrogen-bond acceptors (Lipinski definition) is 0. The van der Waals surface area contributed by atoms with E-state index in [2.05, 4.69) is 57.2 Å². The largest absolute Gasteiger partial charge is 3.00 e. The van der Waals surface area contributed by atoms with Crippen molar-refractivity contribution >= 4 is 20.3 Å². The molecule has 0 unspecified atom stereocenters. The first-order valence-corrected chi connectivity index (χ1v) is 7.02. The van der Waals surface area contributed by atoms with Crippen LogP contribution in [0.5, 0.6) is 0 Å². The Balaban J connectivity index is -0.000000252. The van der Waals surface area contributed by atoms with Gasteiger partial charge in [-0.05, 0) is 0 Å². The van der Waals surface area contributed by atoms with E-state index in [0.717, 1.165) is 0 Å². The van der Waals surface area contributed by atoms with E-state index in [1.165, 1.54) is 37.9 Å². The quantitative estimate of drug-likeness (QED) is 0.237. The van der Waals surface area contributed by atoms with Crippen LogP contribution in [0.2, 0.25) is 12.1 Å². The van der Waals surface area contributed by atoms with Crippen LogP contribution in [0.15, 0.2) is 36.4 Å². The minimum atomic E-state index is 0. The zero-order valence-corrected chi connectivity index (χ0v) is 18.9. The fourth-order valence-electron chi connectivity index (χ4n) is 1.56. The molecule has 0 amide bonds. The van der Waals surface area contributed by atoms with Crippen LogP contribution in [0.1, 0.15) is 19.4 Å². The Kier molecular flexibility index (Phi) is 20.1. The van der Waals surface area contributed by atoms with E-state index in [-0.39, 0.29) is 74.2 Å². The summed E-state index contributed by atoms with van der Waals surface area (Å²) in [6.07, 6.45) is 0. The van der Waals surface area contributed by atoms with Gasteiger partial charge in [0, 0.05) is 9.52 Å². The van der Waals surface area contributed by atoms with E-state index in [4.69, 9.17) is 0 Å². The van der Waals surface area contributed by atoms with E-state index in [0.29, 0.717) is 0 Å². The molecule has 0 aliphatic carbocycles. The first-order valence-electron chi connectivity index (χ1n) is 5.60. The fraction of sp³-hybridized carbons (Fsp3) is 0.357. The standard InChI is InChI=1S/C10H9.C4H10Si.2HI.Zr/c1-8-6-9-4-2-3-5-10(9)7-8;1-3-5-4-2;;;/h2-7H,1H3;3-4H2,1-2H3;2*1H;/q-1;;;;+3/p-2. The first-order chi connectivity index (χ1) is 7.27. The molecular formula is C14H19I2SiZr. The molecule has 2 aromatic carbocycles. The van der Waals surface area contributed by atoms with Gasteiger partial charge in [-0.3, -0.25) is 0 Å². The first kappa shape index (κ1) is 24.4. The third-order valence-corrected chi connectivity index (χ3v) is 3.26. The molecular weight excluding hydrogens is 541 g/mol. The Bertz CT molecular complexity index is 366. The summed E-state index contributed by atoms with van der Waals surface area (Å²) < 4.78 is 0. The van der Waals surface area contributed by atoms with Gasteiger partial charge in [0.15, 0.2) is 0 Å². The zero-order chi connectivity index (χ0) is 11.1. The van der Waals surface area contributed by atoms with E-state index < -0.39 is 0 Å². The Hall–Kier alpha value is 1.39. The smallest absolute Gasteiger partial charge is 1.00 e. The average molecular weight is 560 g/mol. The second-order valence-electron chi connectivity index (χ2n) is 3.62. The van der Waals surface area contributed by atoms with Crippen LogP contribution >= 0.6 is 0 Å². The summed E-state index contributed by atoms with van der Waals surface area (Å²) >= 11 is 0. The predicted octanol–water partition coefficient (Wildman–Crippen LogP) is -1.56. The van der Waals surface area contributed by atoms with Gasteiger partial charge in [-0.15, -0.1) is 40.6 Å². The van der Waals surface area contributed by atoms with Crippen molar-refractivity contribution in [2.45, 2.75) is 32.9 Å². The Morgan fingerprint density at radius 2 is 1.61 bits per heavy atom. The van der Waals surface area contributed by atoms with Gasteiger partial charge < -0.3 is 48.0 Å². The fourth-order valence-corrected chi connectivity index (χ4v) is 2.06. The molecule has 0 N–H and O–H groups in total. The molecule has 0 bridgehead atoms. The molecule has 0 fully saturated rings. The van der Waals surface area contributed by atoms with Crippen molar-refractivity contribution in [3.63, 3.8) is 0 Å². The molecule has 97 valence electrons. The van der Waals surface area contributed by atoms with E-state index >= 15 is 0 Å². The maximum Gasteiger partial charge on any atom is 3.00 e. The summed E-state index contributed by atoms with van der Waals surface area (Å²) in [5, 5.41) is 2.69. The minimum Gasteiger partial charge on any atom is -1.00 e. The molecule has 0 spiro atoms. The number of rotatable bonds is 2. The molecule has 4 heteroatoms. The summed E-state index contributed by atoms with van der Waals surface area (Å²) in [6.45, 7) is 6.57. The van der Waals surface area contributed by atoms with Gasteiger partial charge in [0.05, 0.1) is 0 Å². The zero-order valence-electron chi connectivity index (χ0n) is 11.1. The van der Waals surface area contributed by atoms with Crippen LogP contribution in [0.25, 0.3) is 10.8 Å². The molecule has 3 radical (unpaired) electrons. The predicted molar refractivity (Wildman–Crippen MR) is 71.0 cm³/mol.